The van der Waals surface area contributed by atoms with Gasteiger partial charge in [0.15, 0.2) is 0 Å². The van der Waals surface area contributed by atoms with Gasteiger partial charge in [0.2, 0.25) is 5.91 Å². The summed E-state index contributed by atoms with van der Waals surface area (Å²) < 4.78 is 0. The Labute approximate surface area is 126 Å². The molecule has 0 aliphatic heterocycles. The van der Waals surface area contributed by atoms with Gasteiger partial charge in [-0.1, -0.05) is 18.3 Å². The van der Waals surface area contributed by atoms with Crippen LogP contribution in [-0.4, -0.2) is 12.5 Å². The van der Waals surface area contributed by atoms with Crippen LogP contribution in [0.3, 0.4) is 0 Å². The molecule has 1 aromatic carbocycles. The molecule has 3 heteroatoms. The van der Waals surface area contributed by atoms with Gasteiger partial charge >= 0.3 is 0 Å². The summed E-state index contributed by atoms with van der Waals surface area (Å²) in [4.78, 5) is 12.4. The highest BCUT2D eigenvalue weighted by Gasteiger charge is 2.42. The number of hydrogen-bond donors (Lipinski definition) is 2. The normalized spacial score (nSPS) is 26.3. The van der Waals surface area contributed by atoms with Gasteiger partial charge < -0.3 is 11.1 Å². The number of benzene rings is 1. The van der Waals surface area contributed by atoms with Crippen LogP contribution in [0.4, 0.5) is 5.69 Å². The van der Waals surface area contributed by atoms with Gasteiger partial charge in [0.25, 0.3) is 0 Å². The summed E-state index contributed by atoms with van der Waals surface area (Å²) in [5.41, 5.74) is 8.31. The lowest BCUT2D eigenvalue weighted by molar-refractivity contribution is -0.121. The average Bonchev–Trinajstić information content (AvgIpc) is 3.09. The summed E-state index contributed by atoms with van der Waals surface area (Å²) in [6.07, 6.45) is 4.89. The molecule has 0 spiro atoms. The third-order valence-electron chi connectivity index (χ3n) is 4.89. The van der Waals surface area contributed by atoms with E-state index in [0.29, 0.717) is 12.5 Å². The van der Waals surface area contributed by atoms with Crippen molar-refractivity contribution in [1.29, 1.82) is 0 Å². The molecule has 110 valence electrons. The zero-order chi connectivity index (χ0) is 14.8. The number of carbonyl (C=O) groups excluding carboxylic acids is 1. The molecule has 1 aromatic rings. The summed E-state index contributed by atoms with van der Waals surface area (Å²) in [5, 5.41) is 3.08. The molecule has 21 heavy (non-hydrogen) atoms. The predicted molar refractivity (Wildman–Crippen MR) is 84.7 cm³/mol. The van der Waals surface area contributed by atoms with Crippen LogP contribution in [-0.2, 0) is 4.79 Å². The van der Waals surface area contributed by atoms with Crippen molar-refractivity contribution in [1.82, 2.24) is 0 Å². The smallest absolute Gasteiger partial charge is 0.227 e. The van der Waals surface area contributed by atoms with Crippen LogP contribution in [0.15, 0.2) is 18.2 Å². The second-order valence-electron chi connectivity index (χ2n) is 6.31. The monoisotopic (exact) mass is 282 g/mol. The summed E-state index contributed by atoms with van der Waals surface area (Å²) in [6.45, 7) is 2.37. The minimum Gasteiger partial charge on any atom is -0.326 e. The van der Waals surface area contributed by atoms with E-state index in [-0.39, 0.29) is 11.8 Å². The van der Waals surface area contributed by atoms with E-state index in [9.17, 15) is 4.79 Å². The van der Waals surface area contributed by atoms with E-state index in [1.165, 1.54) is 19.3 Å². The molecular formula is C18H22N2O. The zero-order valence-corrected chi connectivity index (χ0v) is 12.5. The highest BCUT2D eigenvalue weighted by Crippen LogP contribution is 2.48. The molecule has 2 aliphatic rings. The van der Waals surface area contributed by atoms with E-state index in [1.54, 1.807) is 0 Å². The molecule has 0 aromatic heterocycles. The molecule has 3 rings (SSSR count). The molecule has 2 bridgehead atoms. The maximum absolute atomic E-state index is 12.4. The SMILES string of the molecule is Cc1cc(NC(=O)C2CC3CCC2C3)ccc1C#CCN. The summed E-state index contributed by atoms with van der Waals surface area (Å²) in [6, 6.07) is 5.87. The highest BCUT2D eigenvalue weighted by molar-refractivity contribution is 5.93. The molecule has 1 amide bonds. The molecule has 0 saturated heterocycles. The van der Waals surface area contributed by atoms with Gasteiger partial charge in [0, 0.05) is 17.2 Å². The standard InChI is InChI=1S/C18H22N2O/c1-12-9-16(7-6-14(12)3-2-8-19)20-18(21)17-11-13-4-5-15(17)10-13/h6-7,9,13,15,17H,4-5,8,10-11,19H2,1H3,(H,20,21). The van der Waals surface area contributed by atoms with Gasteiger partial charge in [-0.3, -0.25) is 4.79 Å². The molecular weight excluding hydrogens is 260 g/mol. The Kier molecular flexibility index (Phi) is 3.98. The van der Waals surface area contributed by atoms with Crippen molar-refractivity contribution >= 4 is 11.6 Å². The molecule has 3 N–H and O–H groups in total. The van der Waals surface area contributed by atoms with Gasteiger partial charge in [-0.25, -0.2) is 0 Å². The quantitative estimate of drug-likeness (QED) is 0.819. The van der Waals surface area contributed by atoms with Gasteiger partial charge in [-0.15, -0.1) is 0 Å². The number of nitrogens with one attached hydrogen (secondary N) is 1. The predicted octanol–water partition coefficient (Wildman–Crippen LogP) is 2.68. The number of rotatable bonds is 2. The average molecular weight is 282 g/mol. The third kappa shape index (κ3) is 2.96. The Hall–Kier alpha value is -1.79. The third-order valence-corrected chi connectivity index (χ3v) is 4.89. The van der Waals surface area contributed by atoms with E-state index in [0.717, 1.165) is 29.2 Å². The van der Waals surface area contributed by atoms with E-state index in [4.69, 9.17) is 5.73 Å². The van der Waals surface area contributed by atoms with Crippen molar-refractivity contribution in [3.05, 3.63) is 29.3 Å². The van der Waals surface area contributed by atoms with E-state index < -0.39 is 0 Å². The topological polar surface area (TPSA) is 55.1 Å². The Morgan fingerprint density at radius 2 is 2.24 bits per heavy atom. The molecule has 3 nitrogen and oxygen atoms in total. The molecule has 3 unspecified atom stereocenters. The fourth-order valence-corrected chi connectivity index (χ4v) is 3.83. The van der Waals surface area contributed by atoms with E-state index >= 15 is 0 Å². The summed E-state index contributed by atoms with van der Waals surface area (Å²) >= 11 is 0. The Balaban J connectivity index is 1.67. The largest absolute Gasteiger partial charge is 0.326 e. The fourth-order valence-electron chi connectivity index (χ4n) is 3.83. The van der Waals surface area contributed by atoms with Crippen molar-refractivity contribution in [3.63, 3.8) is 0 Å². The first-order valence-corrected chi connectivity index (χ1v) is 7.78. The fraction of sp³-hybridized carbons (Fsp3) is 0.500. The number of aryl methyl sites for hydroxylation is 1. The minimum absolute atomic E-state index is 0.197. The van der Waals surface area contributed by atoms with Gasteiger partial charge in [0.05, 0.1) is 6.54 Å². The molecule has 2 saturated carbocycles. The lowest BCUT2D eigenvalue weighted by Gasteiger charge is -2.21. The minimum atomic E-state index is 0.197. The molecule has 2 aliphatic carbocycles. The van der Waals surface area contributed by atoms with Crippen LogP contribution >= 0.6 is 0 Å². The Morgan fingerprint density at radius 1 is 1.38 bits per heavy atom. The number of anilines is 1. The van der Waals surface area contributed by atoms with Crippen LogP contribution in [0, 0.1) is 36.5 Å². The highest BCUT2D eigenvalue weighted by atomic mass is 16.1. The zero-order valence-electron chi connectivity index (χ0n) is 12.5. The second-order valence-corrected chi connectivity index (χ2v) is 6.31. The Bertz CT molecular complexity index is 611. The second kappa shape index (κ2) is 5.91. The van der Waals surface area contributed by atoms with Crippen molar-refractivity contribution in [3.8, 4) is 11.8 Å². The van der Waals surface area contributed by atoms with Crippen LogP contribution in [0.25, 0.3) is 0 Å². The lowest BCUT2D eigenvalue weighted by Crippen LogP contribution is -2.27. The number of fused-ring (bicyclic) bond motifs is 2. The molecule has 2 fully saturated rings. The van der Waals surface area contributed by atoms with Crippen LogP contribution in [0.1, 0.15) is 36.8 Å². The van der Waals surface area contributed by atoms with Crippen molar-refractivity contribution in [2.45, 2.75) is 32.6 Å². The maximum Gasteiger partial charge on any atom is 0.227 e. The maximum atomic E-state index is 12.4. The number of nitrogens with two attached hydrogens (primary N) is 1. The number of hydrogen-bond acceptors (Lipinski definition) is 2. The van der Waals surface area contributed by atoms with Crippen LogP contribution < -0.4 is 11.1 Å². The van der Waals surface area contributed by atoms with Crippen LogP contribution in [0.2, 0.25) is 0 Å². The lowest BCUT2D eigenvalue weighted by atomic mass is 9.88. The van der Waals surface area contributed by atoms with Crippen molar-refractivity contribution < 1.29 is 4.79 Å². The summed E-state index contributed by atoms with van der Waals surface area (Å²) in [5.74, 6) is 7.73. The van der Waals surface area contributed by atoms with Gasteiger partial charge in [-0.2, -0.15) is 0 Å². The Morgan fingerprint density at radius 3 is 2.86 bits per heavy atom. The van der Waals surface area contributed by atoms with E-state index in [2.05, 4.69) is 17.2 Å². The summed E-state index contributed by atoms with van der Waals surface area (Å²) in [7, 11) is 0. The number of carbonyl (C=O) groups is 1. The first kappa shape index (κ1) is 14.2. The molecule has 3 atom stereocenters. The molecule has 0 radical (unpaired) electrons. The molecule has 0 heterocycles. The van der Waals surface area contributed by atoms with Gasteiger partial charge in [-0.05, 0) is 61.8 Å². The van der Waals surface area contributed by atoms with Crippen LogP contribution in [0.5, 0.6) is 0 Å². The number of amides is 1. The van der Waals surface area contributed by atoms with Crippen molar-refractivity contribution in [2.24, 2.45) is 23.5 Å². The first-order chi connectivity index (χ1) is 10.2. The van der Waals surface area contributed by atoms with Gasteiger partial charge in [0.1, 0.15) is 0 Å². The first-order valence-electron chi connectivity index (χ1n) is 7.78. The van der Waals surface area contributed by atoms with Crippen molar-refractivity contribution in [2.75, 3.05) is 11.9 Å². The van der Waals surface area contributed by atoms with E-state index in [1.807, 2.05) is 25.1 Å².